The van der Waals surface area contributed by atoms with Gasteiger partial charge in [-0.3, -0.25) is 9.10 Å². The summed E-state index contributed by atoms with van der Waals surface area (Å²) in [7, 11) is -3.59. The first kappa shape index (κ1) is 19.3. The number of benzene rings is 2. The highest BCUT2D eigenvalue weighted by atomic mass is 35.5. The topological polar surface area (TPSA) is 66.5 Å². The van der Waals surface area contributed by atoms with E-state index in [1.54, 1.807) is 30.3 Å². The number of carbonyl (C=O) groups excluding carboxylic acids is 1. The largest absolute Gasteiger partial charge is 0.324 e. The van der Waals surface area contributed by atoms with Crippen LogP contribution in [-0.4, -0.2) is 27.1 Å². The summed E-state index contributed by atoms with van der Waals surface area (Å²) in [6.07, 6.45) is 1.94. The molecule has 25 heavy (non-hydrogen) atoms. The van der Waals surface area contributed by atoms with Gasteiger partial charge >= 0.3 is 0 Å². The first-order chi connectivity index (χ1) is 11.7. The summed E-state index contributed by atoms with van der Waals surface area (Å²) < 4.78 is 25.3. The van der Waals surface area contributed by atoms with Crippen LogP contribution in [0.15, 0.2) is 42.5 Å². The van der Waals surface area contributed by atoms with Crippen LogP contribution in [-0.2, 0) is 21.2 Å². The Morgan fingerprint density at radius 3 is 2.32 bits per heavy atom. The summed E-state index contributed by atoms with van der Waals surface area (Å²) in [5, 5.41) is 3.30. The maximum absolute atomic E-state index is 12.4. The normalized spacial score (nSPS) is 11.2. The lowest BCUT2D eigenvalue weighted by Crippen LogP contribution is -2.37. The molecule has 7 heteroatoms. The highest BCUT2D eigenvalue weighted by Gasteiger charge is 2.21. The van der Waals surface area contributed by atoms with Crippen LogP contribution in [0.25, 0.3) is 0 Å². The van der Waals surface area contributed by atoms with E-state index < -0.39 is 15.9 Å². The number of nitrogens with one attached hydrogen (secondary N) is 1. The quantitative estimate of drug-likeness (QED) is 0.832. The number of amides is 1. The molecule has 0 heterocycles. The van der Waals surface area contributed by atoms with Gasteiger partial charge in [0, 0.05) is 10.7 Å². The van der Waals surface area contributed by atoms with Gasteiger partial charge in [-0.25, -0.2) is 8.42 Å². The molecule has 1 N–H and O–H groups in total. The Morgan fingerprint density at radius 1 is 1.16 bits per heavy atom. The summed E-state index contributed by atoms with van der Waals surface area (Å²) in [4.78, 5) is 12.4. The number of rotatable bonds is 6. The fourth-order valence-corrected chi connectivity index (χ4v) is 3.47. The van der Waals surface area contributed by atoms with Gasteiger partial charge in [-0.05, 0) is 54.8 Å². The molecule has 0 atom stereocenters. The zero-order valence-electron chi connectivity index (χ0n) is 14.4. The number of hydrogen-bond donors (Lipinski definition) is 1. The van der Waals surface area contributed by atoms with E-state index in [9.17, 15) is 13.2 Å². The highest BCUT2D eigenvalue weighted by molar-refractivity contribution is 7.92. The molecule has 2 aromatic rings. The molecule has 0 aliphatic rings. The second kappa shape index (κ2) is 7.89. The van der Waals surface area contributed by atoms with Gasteiger partial charge < -0.3 is 5.32 Å². The monoisotopic (exact) mass is 380 g/mol. The molecule has 0 aliphatic carbocycles. The molecular weight excluding hydrogens is 360 g/mol. The van der Waals surface area contributed by atoms with E-state index in [-0.39, 0.29) is 6.54 Å². The van der Waals surface area contributed by atoms with Crippen molar-refractivity contribution in [2.45, 2.75) is 20.3 Å². The molecule has 2 aromatic carbocycles. The first-order valence-corrected chi connectivity index (χ1v) is 10.1. The van der Waals surface area contributed by atoms with E-state index in [0.29, 0.717) is 16.4 Å². The molecule has 5 nitrogen and oxygen atoms in total. The molecule has 0 saturated carbocycles. The van der Waals surface area contributed by atoms with Gasteiger partial charge in [-0.2, -0.15) is 0 Å². The predicted octanol–water partition coefficient (Wildman–Crippen LogP) is 3.62. The minimum atomic E-state index is -3.59. The molecule has 0 radical (unpaired) electrons. The third-order valence-corrected chi connectivity index (χ3v) is 5.16. The number of aryl methyl sites for hydroxylation is 2. The van der Waals surface area contributed by atoms with Crippen LogP contribution in [0.3, 0.4) is 0 Å². The van der Waals surface area contributed by atoms with Gasteiger partial charge in [0.15, 0.2) is 0 Å². The van der Waals surface area contributed by atoms with Crippen LogP contribution in [0.4, 0.5) is 11.4 Å². The van der Waals surface area contributed by atoms with Crippen molar-refractivity contribution in [2.75, 3.05) is 22.4 Å². The first-order valence-electron chi connectivity index (χ1n) is 7.83. The van der Waals surface area contributed by atoms with Crippen molar-refractivity contribution in [3.63, 3.8) is 0 Å². The Balaban J connectivity index is 2.20. The minimum absolute atomic E-state index is 0.299. The Morgan fingerprint density at radius 2 is 1.80 bits per heavy atom. The molecule has 0 aliphatic heterocycles. The Hall–Kier alpha value is -2.05. The summed E-state index contributed by atoms with van der Waals surface area (Å²) in [6.45, 7) is 3.54. The van der Waals surface area contributed by atoms with Crippen molar-refractivity contribution >= 4 is 38.9 Å². The van der Waals surface area contributed by atoms with Crippen LogP contribution in [0.1, 0.15) is 18.1 Å². The average molecular weight is 381 g/mol. The van der Waals surface area contributed by atoms with Crippen LogP contribution >= 0.6 is 11.6 Å². The van der Waals surface area contributed by atoms with Gasteiger partial charge in [0.05, 0.1) is 11.9 Å². The van der Waals surface area contributed by atoms with Gasteiger partial charge in [0.2, 0.25) is 15.9 Å². The zero-order valence-corrected chi connectivity index (χ0v) is 16.0. The smallest absolute Gasteiger partial charge is 0.245 e. The molecule has 134 valence electrons. The predicted molar refractivity (Wildman–Crippen MR) is 103 cm³/mol. The van der Waals surface area contributed by atoms with Gasteiger partial charge in [0.25, 0.3) is 0 Å². The van der Waals surface area contributed by atoms with Crippen molar-refractivity contribution in [2.24, 2.45) is 0 Å². The van der Waals surface area contributed by atoms with Crippen LogP contribution in [0, 0.1) is 6.92 Å². The number of carbonyl (C=O) groups is 1. The Kier molecular flexibility index (Phi) is 6.08. The van der Waals surface area contributed by atoms with E-state index in [1.807, 2.05) is 26.0 Å². The third kappa shape index (κ3) is 5.21. The van der Waals surface area contributed by atoms with E-state index in [0.717, 1.165) is 28.1 Å². The number of hydrogen-bond acceptors (Lipinski definition) is 3. The van der Waals surface area contributed by atoms with Crippen LogP contribution in [0.5, 0.6) is 0 Å². The van der Waals surface area contributed by atoms with Crippen LogP contribution in [0.2, 0.25) is 5.02 Å². The summed E-state index contributed by atoms with van der Waals surface area (Å²) >= 11 is 5.90. The second-order valence-corrected chi connectivity index (χ2v) is 8.14. The Bertz CT molecular complexity index is 864. The van der Waals surface area contributed by atoms with Gasteiger partial charge in [-0.1, -0.05) is 30.7 Å². The van der Waals surface area contributed by atoms with Crippen molar-refractivity contribution in [1.29, 1.82) is 0 Å². The van der Waals surface area contributed by atoms with Gasteiger partial charge in [-0.15, -0.1) is 0 Å². The average Bonchev–Trinajstić information content (AvgIpc) is 2.54. The molecule has 0 aromatic heterocycles. The molecular formula is C18H21ClN2O3S. The molecule has 0 fully saturated rings. The number of anilines is 2. The van der Waals surface area contributed by atoms with Crippen molar-refractivity contribution in [3.05, 3.63) is 58.6 Å². The molecule has 0 spiro atoms. The van der Waals surface area contributed by atoms with E-state index in [4.69, 9.17) is 11.6 Å². The fourth-order valence-electron chi connectivity index (χ4n) is 2.39. The standard InChI is InChI=1S/C18H21ClN2O3S/c1-4-14-5-8-16(9-6-14)21(25(3,23)24)12-18(22)20-17-10-7-15(19)11-13(17)2/h5-11H,4,12H2,1-3H3,(H,20,22). The lowest BCUT2D eigenvalue weighted by Gasteiger charge is -2.22. The zero-order chi connectivity index (χ0) is 18.6. The lowest BCUT2D eigenvalue weighted by atomic mass is 10.1. The van der Waals surface area contributed by atoms with Gasteiger partial charge in [0.1, 0.15) is 6.54 Å². The maximum atomic E-state index is 12.4. The highest BCUT2D eigenvalue weighted by Crippen LogP contribution is 2.21. The fraction of sp³-hybridized carbons (Fsp3) is 0.278. The minimum Gasteiger partial charge on any atom is -0.324 e. The maximum Gasteiger partial charge on any atom is 0.245 e. The third-order valence-electron chi connectivity index (χ3n) is 3.78. The molecule has 0 bridgehead atoms. The van der Waals surface area contributed by atoms with E-state index in [1.165, 1.54) is 0 Å². The van der Waals surface area contributed by atoms with Crippen LogP contribution < -0.4 is 9.62 Å². The summed E-state index contributed by atoms with van der Waals surface area (Å²) in [6, 6.07) is 12.2. The van der Waals surface area contributed by atoms with Crippen molar-refractivity contribution < 1.29 is 13.2 Å². The summed E-state index contributed by atoms with van der Waals surface area (Å²) in [5.74, 6) is -0.421. The number of halogens is 1. The molecule has 1 amide bonds. The van der Waals surface area contributed by atoms with Crippen molar-refractivity contribution in [3.8, 4) is 0 Å². The Labute approximate surface area is 153 Å². The molecule has 0 saturated heterocycles. The SMILES string of the molecule is CCc1ccc(N(CC(=O)Nc2ccc(Cl)cc2C)S(C)(=O)=O)cc1. The summed E-state index contributed by atoms with van der Waals surface area (Å²) in [5.41, 5.74) is 2.96. The van der Waals surface area contributed by atoms with E-state index >= 15 is 0 Å². The number of nitrogens with zero attached hydrogens (tertiary/aromatic N) is 1. The molecule has 0 unspecified atom stereocenters. The molecule has 2 rings (SSSR count). The second-order valence-electron chi connectivity index (χ2n) is 5.80. The lowest BCUT2D eigenvalue weighted by molar-refractivity contribution is -0.114. The van der Waals surface area contributed by atoms with E-state index in [2.05, 4.69) is 5.32 Å². The number of sulfonamides is 1. The van der Waals surface area contributed by atoms with Crippen molar-refractivity contribution in [1.82, 2.24) is 0 Å².